The van der Waals surface area contributed by atoms with Gasteiger partial charge in [-0.05, 0) is 43.4 Å². The highest BCUT2D eigenvalue weighted by atomic mass is 16.2. The Morgan fingerprint density at radius 2 is 1.69 bits per heavy atom. The van der Waals surface area contributed by atoms with Crippen LogP contribution in [0.3, 0.4) is 0 Å². The minimum absolute atomic E-state index is 0.0355. The van der Waals surface area contributed by atoms with Crippen molar-refractivity contribution in [2.24, 2.45) is 13.0 Å². The minimum Gasteiger partial charge on any atom is -0.353 e. The Kier molecular flexibility index (Phi) is 6.02. The average Bonchev–Trinajstić information content (AvgIpc) is 3.26. The number of aryl methyl sites for hydroxylation is 1. The van der Waals surface area contributed by atoms with Gasteiger partial charge in [-0.1, -0.05) is 43.2 Å². The third-order valence-corrected chi connectivity index (χ3v) is 6.25. The van der Waals surface area contributed by atoms with E-state index in [4.69, 9.17) is 0 Å². The predicted octanol–water partition coefficient (Wildman–Crippen LogP) is 3.74. The number of benzene rings is 1. The zero-order valence-corrected chi connectivity index (χ0v) is 17.3. The summed E-state index contributed by atoms with van der Waals surface area (Å²) in [5, 5.41) is 0. The molecule has 0 spiro atoms. The number of rotatable bonds is 8. The molecule has 29 heavy (non-hydrogen) atoms. The van der Waals surface area contributed by atoms with E-state index < -0.39 is 0 Å². The summed E-state index contributed by atoms with van der Waals surface area (Å²) in [6.45, 7) is 1.31. The molecule has 0 unspecified atom stereocenters. The van der Waals surface area contributed by atoms with Crippen LogP contribution >= 0.6 is 0 Å². The summed E-state index contributed by atoms with van der Waals surface area (Å²) in [5.41, 5.74) is 2.20. The molecule has 0 N–H and O–H groups in total. The highest BCUT2D eigenvalue weighted by Crippen LogP contribution is 2.33. The minimum atomic E-state index is 0.0355. The average molecular weight is 394 g/mol. The van der Waals surface area contributed by atoms with Gasteiger partial charge in [0.25, 0.3) is 0 Å². The van der Waals surface area contributed by atoms with Gasteiger partial charge < -0.3 is 14.4 Å². The Labute approximate surface area is 173 Å². The van der Waals surface area contributed by atoms with Gasteiger partial charge >= 0.3 is 0 Å². The van der Waals surface area contributed by atoms with Gasteiger partial charge in [-0.25, -0.2) is 0 Å². The molecule has 2 fully saturated rings. The van der Waals surface area contributed by atoms with Gasteiger partial charge in [-0.2, -0.15) is 0 Å². The maximum absolute atomic E-state index is 13.4. The second-order valence-electron chi connectivity index (χ2n) is 8.52. The van der Waals surface area contributed by atoms with Crippen LogP contribution in [0.4, 0.5) is 0 Å². The van der Waals surface area contributed by atoms with Crippen molar-refractivity contribution in [3.05, 3.63) is 59.9 Å². The molecular formula is C24H31N3O2. The summed E-state index contributed by atoms with van der Waals surface area (Å²) in [6, 6.07) is 14.4. The molecule has 0 bridgehead atoms. The fourth-order valence-electron chi connectivity index (χ4n) is 4.32. The summed E-state index contributed by atoms with van der Waals surface area (Å²) in [6.07, 6.45) is 8.29. The quantitative estimate of drug-likeness (QED) is 0.686. The number of amides is 2. The molecular weight excluding hydrogens is 362 g/mol. The molecule has 5 nitrogen and oxygen atoms in total. The van der Waals surface area contributed by atoms with Gasteiger partial charge in [-0.15, -0.1) is 0 Å². The second kappa shape index (κ2) is 8.85. The van der Waals surface area contributed by atoms with Gasteiger partial charge in [0.2, 0.25) is 11.8 Å². The number of aromatic nitrogens is 1. The molecule has 4 rings (SSSR count). The Morgan fingerprint density at radius 3 is 2.31 bits per heavy atom. The maximum Gasteiger partial charge on any atom is 0.242 e. The first-order valence-corrected chi connectivity index (χ1v) is 10.8. The van der Waals surface area contributed by atoms with Crippen molar-refractivity contribution in [2.45, 2.75) is 57.7 Å². The maximum atomic E-state index is 13.4. The fraction of sp³-hybridized carbons (Fsp3) is 0.500. The summed E-state index contributed by atoms with van der Waals surface area (Å²) >= 11 is 0. The van der Waals surface area contributed by atoms with Crippen LogP contribution in [0.15, 0.2) is 48.7 Å². The van der Waals surface area contributed by atoms with Crippen LogP contribution in [0.5, 0.6) is 0 Å². The molecule has 0 aliphatic heterocycles. The standard InChI is InChI=1S/C24H31N3O2/c1-25-15-7-12-22(25)17-26(16-19-8-3-2-4-9-19)23(28)18-27(21-13-14-21)24(29)20-10-5-6-11-20/h2-4,7-9,12,15,20-21H,5-6,10-11,13-14,16-18H2,1H3. The molecule has 2 amide bonds. The van der Waals surface area contributed by atoms with E-state index in [-0.39, 0.29) is 30.3 Å². The van der Waals surface area contributed by atoms with Crippen LogP contribution in [-0.2, 0) is 29.7 Å². The van der Waals surface area contributed by atoms with E-state index in [9.17, 15) is 9.59 Å². The first-order chi connectivity index (χ1) is 14.1. The van der Waals surface area contributed by atoms with Crippen molar-refractivity contribution >= 4 is 11.8 Å². The number of hydrogen-bond donors (Lipinski definition) is 0. The van der Waals surface area contributed by atoms with Crippen LogP contribution in [0, 0.1) is 5.92 Å². The van der Waals surface area contributed by atoms with Crippen LogP contribution in [0.25, 0.3) is 0 Å². The first kappa shape index (κ1) is 19.7. The van der Waals surface area contributed by atoms with E-state index in [0.717, 1.165) is 49.8 Å². The molecule has 0 atom stereocenters. The Hall–Kier alpha value is -2.56. The third-order valence-electron chi connectivity index (χ3n) is 6.25. The SMILES string of the molecule is Cn1cccc1CN(Cc1ccccc1)C(=O)CN(C(=O)C1CCCC1)C1CC1. The lowest BCUT2D eigenvalue weighted by Crippen LogP contribution is -2.45. The van der Waals surface area contributed by atoms with Crippen LogP contribution in [0.1, 0.15) is 49.8 Å². The predicted molar refractivity (Wildman–Crippen MR) is 113 cm³/mol. The molecule has 2 saturated carbocycles. The van der Waals surface area contributed by atoms with Crippen molar-refractivity contribution < 1.29 is 9.59 Å². The Morgan fingerprint density at radius 1 is 0.966 bits per heavy atom. The smallest absolute Gasteiger partial charge is 0.242 e. The molecule has 1 aromatic heterocycles. The molecule has 0 radical (unpaired) electrons. The number of nitrogens with zero attached hydrogens (tertiary/aromatic N) is 3. The number of hydrogen-bond acceptors (Lipinski definition) is 2. The van der Waals surface area contributed by atoms with Crippen molar-refractivity contribution in [3.63, 3.8) is 0 Å². The van der Waals surface area contributed by atoms with Gasteiger partial charge in [0.15, 0.2) is 0 Å². The van der Waals surface area contributed by atoms with E-state index in [1.54, 1.807) is 0 Å². The Balaban J connectivity index is 1.49. The molecule has 1 heterocycles. The number of carbonyl (C=O) groups excluding carboxylic acids is 2. The zero-order chi connectivity index (χ0) is 20.2. The normalized spacial score (nSPS) is 16.7. The highest BCUT2D eigenvalue weighted by Gasteiger charge is 2.38. The van der Waals surface area contributed by atoms with Gasteiger partial charge in [-0.3, -0.25) is 9.59 Å². The van der Waals surface area contributed by atoms with Crippen molar-refractivity contribution in [3.8, 4) is 0 Å². The molecule has 5 heteroatoms. The first-order valence-electron chi connectivity index (χ1n) is 10.8. The van der Waals surface area contributed by atoms with Gasteiger partial charge in [0.05, 0.1) is 6.54 Å². The van der Waals surface area contributed by atoms with E-state index in [0.29, 0.717) is 13.1 Å². The van der Waals surface area contributed by atoms with E-state index >= 15 is 0 Å². The summed E-state index contributed by atoms with van der Waals surface area (Å²) in [5.74, 6) is 0.365. The fourth-order valence-corrected chi connectivity index (χ4v) is 4.32. The third kappa shape index (κ3) is 4.89. The molecule has 1 aromatic carbocycles. The van der Waals surface area contributed by atoms with Crippen molar-refractivity contribution in [1.29, 1.82) is 0 Å². The van der Waals surface area contributed by atoms with Gasteiger partial charge in [0, 0.05) is 37.4 Å². The van der Waals surface area contributed by atoms with Crippen molar-refractivity contribution in [2.75, 3.05) is 6.54 Å². The summed E-state index contributed by atoms with van der Waals surface area (Å²) in [7, 11) is 2.00. The number of carbonyl (C=O) groups is 2. The van der Waals surface area contributed by atoms with E-state index in [1.807, 2.05) is 70.1 Å². The topological polar surface area (TPSA) is 45.6 Å². The molecule has 0 saturated heterocycles. The molecule has 2 aromatic rings. The lowest BCUT2D eigenvalue weighted by Gasteiger charge is -2.29. The van der Waals surface area contributed by atoms with E-state index in [2.05, 4.69) is 0 Å². The summed E-state index contributed by atoms with van der Waals surface area (Å²) in [4.78, 5) is 30.2. The van der Waals surface area contributed by atoms with Crippen LogP contribution < -0.4 is 0 Å². The molecule has 2 aliphatic carbocycles. The Bertz CT molecular complexity index is 835. The van der Waals surface area contributed by atoms with Crippen molar-refractivity contribution in [1.82, 2.24) is 14.4 Å². The lowest BCUT2D eigenvalue weighted by molar-refractivity contribution is -0.144. The monoisotopic (exact) mass is 393 g/mol. The lowest BCUT2D eigenvalue weighted by atomic mass is 10.1. The largest absolute Gasteiger partial charge is 0.353 e. The summed E-state index contributed by atoms with van der Waals surface area (Å²) < 4.78 is 2.05. The van der Waals surface area contributed by atoms with Crippen LogP contribution in [0.2, 0.25) is 0 Å². The second-order valence-corrected chi connectivity index (χ2v) is 8.52. The van der Waals surface area contributed by atoms with Gasteiger partial charge in [0.1, 0.15) is 6.54 Å². The highest BCUT2D eigenvalue weighted by molar-refractivity contribution is 5.86. The molecule has 154 valence electrons. The van der Waals surface area contributed by atoms with E-state index in [1.165, 1.54) is 0 Å². The zero-order valence-electron chi connectivity index (χ0n) is 17.3. The molecule has 2 aliphatic rings. The van der Waals surface area contributed by atoms with Crippen LogP contribution in [-0.4, -0.2) is 38.8 Å².